The molecule has 20 heavy (non-hydrogen) atoms. The average Bonchev–Trinajstić information content (AvgIpc) is 2.41. The van der Waals surface area contributed by atoms with Gasteiger partial charge in [-0.3, -0.25) is 4.79 Å². The minimum absolute atomic E-state index is 0.00400. The molecule has 1 N–H and O–H groups in total. The second-order valence-corrected chi connectivity index (χ2v) is 5.66. The molecular formula is C15H21ClN2O2. The van der Waals surface area contributed by atoms with Crippen LogP contribution < -0.4 is 10.1 Å². The van der Waals surface area contributed by atoms with Crippen molar-refractivity contribution in [1.29, 1.82) is 0 Å². The molecule has 5 heteroatoms. The molecule has 1 saturated heterocycles. The Hall–Kier alpha value is -1.26. The highest BCUT2D eigenvalue weighted by atomic mass is 35.5. The molecule has 0 saturated carbocycles. The number of hydrogen-bond donors (Lipinski definition) is 1. The van der Waals surface area contributed by atoms with Crippen LogP contribution >= 0.6 is 11.6 Å². The smallest absolute Gasteiger partial charge is 0.226 e. The Balaban J connectivity index is 1.99. The zero-order chi connectivity index (χ0) is 14.5. The van der Waals surface area contributed by atoms with E-state index < -0.39 is 0 Å². The molecule has 110 valence electrons. The maximum atomic E-state index is 12.2. The number of rotatable bonds is 4. The van der Waals surface area contributed by atoms with Crippen LogP contribution in [0.15, 0.2) is 18.2 Å². The van der Waals surface area contributed by atoms with Crippen LogP contribution in [0, 0.1) is 0 Å². The molecule has 0 aromatic heterocycles. The first kappa shape index (κ1) is 15.1. The lowest BCUT2D eigenvalue weighted by Gasteiger charge is -2.32. The third-order valence-electron chi connectivity index (χ3n) is 3.78. The van der Waals surface area contributed by atoms with Crippen LogP contribution in [0.2, 0.25) is 5.02 Å². The van der Waals surface area contributed by atoms with E-state index in [0.717, 1.165) is 13.0 Å². The van der Waals surface area contributed by atoms with Crippen LogP contribution in [-0.4, -0.2) is 37.6 Å². The maximum absolute atomic E-state index is 12.2. The highest BCUT2D eigenvalue weighted by molar-refractivity contribution is 6.31. The second kappa shape index (κ2) is 6.95. The van der Waals surface area contributed by atoms with Gasteiger partial charge in [-0.1, -0.05) is 18.0 Å². The molecule has 4 nitrogen and oxygen atoms in total. The van der Waals surface area contributed by atoms with Gasteiger partial charge in [0, 0.05) is 17.5 Å². The Morgan fingerprint density at radius 3 is 3.00 bits per heavy atom. The second-order valence-electron chi connectivity index (χ2n) is 5.23. The number of carbonyl (C=O) groups excluding carboxylic acids is 1. The molecule has 1 heterocycles. The van der Waals surface area contributed by atoms with Crippen molar-refractivity contribution in [2.45, 2.75) is 31.7 Å². The zero-order valence-electron chi connectivity index (χ0n) is 12.0. The number of piperidine rings is 1. The summed E-state index contributed by atoms with van der Waals surface area (Å²) in [6, 6.07) is 5.53. The van der Waals surface area contributed by atoms with Crippen molar-refractivity contribution in [3.63, 3.8) is 0 Å². The first-order chi connectivity index (χ1) is 9.60. The predicted octanol–water partition coefficient (Wildman–Crippen LogP) is 3.16. The number of nitrogens with zero attached hydrogens (tertiary/aromatic N) is 1. The molecule has 0 bridgehead atoms. The van der Waals surface area contributed by atoms with Crippen LogP contribution in [0.1, 0.15) is 25.7 Å². The molecule has 0 radical (unpaired) electrons. The van der Waals surface area contributed by atoms with E-state index in [9.17, 15) is 4.79 Å². The predicted molar refractivity (Wildman–Crippen MR) is 81.5 cm³/mol. The lowest BCUT2D eigenvalue weighted by atomic mass is 10.00. The van der Waals surface area contributed by atoms with Crippen molar-refractivity contribution < 1.29 is 9.53 Å². The molecule has 2 rings (SSSR count). The summed E-state index contributed by atoms with van der Waals surface area (Å²) in [4.78, 5) is 14.4. The lowest BCUT2D eigenvalue weighted by Crippen LogP contribution is -2.38. The quantitative estimate of drug-likeness (QED) is 0.928. The third-order valence-corrected chi connectivity index (χ3v) is 4.01. The summed E-state index contributed by atoms with van der Waals surface area (Å²) in [6.07, 6.45) is 4.00. The number of carbonyl (C=O) groups is 1. The summed E-state index contributed by atoms with van der Waals surface area (Å²) < 4.78 is 5.23. The van der Waals surface area contributed by atoms with E-state index in [1.54, 1.807) is 25.3 Å². The zero-order valence-corrected chi connectivity index (χ0v) is 12.7. The van der Waals surface area contributed by atoms with Crippen LogP contribution in [0.3, 0.4) is 0 Å². The van der Waals surface area contributed by atoms with Gasteiger partial charge in [-0.15, -0.1) is 0 Å². The molecule has 1 unspecified atom stereocenters. The van der Waals surface area contributed by atoms with Crippen molar-refractivity contribution in [2.75, 3.05) is 26.0 Å². The van der Waals surface area contributed by atoms with Gasteiger partial charge in [-0.05, 0) is 44.6 Å². The van der Waals surface area contributed by atoms with Gasteiger partial charge in [0.1, 0.15) is 5.75 Å². The summed E-state index contributed by atoms with van der Waals surface area (Å²) in [5.41, 5.74) is 0.628. The van der Waals surface area contributed by atoms with Gasteiger partial charge in [0.2, 0.25) is 5.91 Å². The summed E-state index contributed by atoms with van der Waals surface area (Å²) in [7, 11) is 3.66. The summed E-state index contributed by atoms with van der Waals surface area (Å²) in [5.74, 6) is 0.629. The molecular weight excluding hydrogens is 276 g/mol. The van der Waals surface area contributed by atoms with Crippen molar-refractivity contribution >= 4 is 23.2 Å². The third kappa shape index (κ3) is 3.87. The SMILES string of the molecule is COc1ccc(Cl)cc1NC(=O)CC1CCCCN1C. The number of amides is 1. The van der Waals surface area contributed by atoms with E-state index in [-0.39, 0.29) is 5.91 Å². The van der Waals surface area contributed by atoms with E-state index in [0.29, 0.717) is 28.9 Å². The molecule has 0 spiro atoms. The number of ether oxygens (including phenoxy) is 1. The number of benzene rings is 1. The largest absolute Gasteiger partial charge is 0.495 e. The standard InChI is InChI=1S/C15H21ClN2O2/c1-18-8-4-3-5-12(18)10-15(19)17-13-9-11(16)6-7-14(13)20-2/h6-7,9,12H,3-5,8,10H2,1-2H3,(H,17,19). The highest BCUT2D eigenvalue weighted by Crippen LogP contribution is 2.28. The number of hydrogen-bond acceptors (Lipinski definition) is 3. The lowest BCUT2D eigenvalue weighted by molar-refractivity contribution is -0.117. The van der Waals surface area contributed by atoms with E-state index in [1.165, 1.54) is 12.8 Å². The van der Waals surface area contributed by atoms with Gasteiger partial charge >= 0.3 is 0 Å². The number of nitrogens with one attached hydrogen (secondary N) is 1. The van der Waals surface area contributed by atoms with E-state index in [1.807, 2.05) is 0 Å². The van der Waals surface area contributed by atoms with Gasteiger partial charge in [-0.2, -0.15) is 0 Å². The van der Waals surface area contributed by atoms with E-state index in [2.05, 4.69) is 17.3 Å². The molecule has 1 aliphatic rings. The van der Waals surface area contributed by atoms with Crippen molar-refractivity contribution in [3.05, 3.63) is 23.2 Å². The fraction of sp³-hybridized carbons (Fsp3) is 0.533. The number of likely N-dealkylation sites (tertiary alicyclic amines) is 1. The first-order valence-electron chi connectivity index (χ1n) is 6.94. The fourth-order valence-corrected chi connectivity index (χ4v) is 2.77. The summed E-state index contributed by atoms with van der Waals surface area (Å²) >= 11 is 5.96. The molecule has 1 aliphatic heterocycles. The minimum atomic E-state index is 0.00400. The fourth-order valence-electron chi connectivity index (χ4n) is 2.60. The number of halogens is 1. The molecule has 1 atom stereocenters. The van der Waals surface area contributed by atoms with Gasteiger partial charge in [0.05, 0.1) is 12.8 Å². The van der Waals surface area contributed by atoms with Gasteiger partial charge in [0.25, 0.3) is 0 Å². The number of anilines is 1. The minimum Gasteiger partial charge on any atom is -0.495 e. The van der Waals surface area contributed by atoms with E-state index >= 15 is 0 Å². The maximum Gasteiger partial charge on any atom is 0.226 e. The monoisotopic (exact) mass is 296 g/mol. The Morgan fingerprint density at radius 2 is 2.30 bits per heavy atom. The van der Waals surface area contributed by atoms with Crippen LogP contribution in [0.5, 0.6) is 5.75 Å². The molecule has 1 amide bonds. The highest BCUT2D eigenvalue weighted by Gasteiger charge is 2.22. The Labute approximate surface area is 125 Å². The summed E-state index contributed by atoms with van der Waals surface area (Å²) in [6.45, 7) is 1.07. The first-order valence-corrected chi connectivity index (χ1v) is 7.31. The van der Waals surface area contributed by atoms with Crippen molar-refractivity contribution in [1.82, 2.24) is 4.90 Å². The van der Waals surface area contributed by atoms with Gasteiger partial charge < -0.3 is 15.0 Å². The average molecular weight is 297 g/mol. The van der Waals surface area contributed by atoms with Crippen LogP contribution in [0.25, 0.3) is 0 Å². The van der Waals surface area contributed by atoms with Crippen LogP contribution in [-0.2, 0) is 4.79 Å². The Morgan fingerprint density at radius 1 is 1.50 bits per heavy atom. The molecule has 1 fully saturated rings. The van der Waals surface area contributed by atoms with Crippen molar-refractivity contribution in [2.24, 2.45) is 0 Å². The van der Waals surface area contributed by atoms with Crippen LogP contribution in [0.4, 0.5) is 5.69 Å². The molecule has 1 aromatic carbocycles. The Kier molecular flexibility index (Phi) is 5.26. The molecule has 1 aromatic rings. The Bertz CT molecular complexity index is 479. The van der Waals surface area contributed by atoms with Gasteiger partial charge in [0.15, 0.2) is 0 Å². The normalized spacial score (nSPS) is 19.6. The summed E-state index contributed by atoms with van der Waals surface area (Å²) in [5, 5.41) is 3.47. The number of methoxy groups -OCH3 is 1. The van der Waals surface area contributed by atoms with Crippen molar-refractivity contribution in [3.8, 4) is 5.75 Å². The van der Waals surface area contributed by atoms with Gasteiger partial charge in [-0.25, -0.2) is 0 Å². The molecule has 0 aliphatic carbocycles. The topological polar surface area (TPSA) is 41.6 Å². The van der Waals surface area contributed by atoms with E-state index in [4.69, 9.17) is 16.3 Å².